The van der Waals surface area contributed by atoms with Crippen molar-refractivity contribution >= 4 is 50.8 Å². The van der Waals surface area contributed by atoms with Crippen molar-refractivity contribution < 1.29 is 9.53 Å². The van der Waals surface area contributed by atoms with Gasteiger partial charge in [0, 0.05) is 35.7 Å². The van der Waals surface area contributed by atoms with Gasteiger partial charge in [0.1, 0.15) is 0 Å². The molecule has 4 nitrogen and oxygen atoms in total. The van der Waals surface area contributed by atoms with Gasteiger partial charge in [0.15, 0.2) is 4.80 Å². The van der Waals surface area contributed by atoms with Gasteiger partial charge in [0.25, 0.3) is 0 Å². The van der Waals surface area contributed by atoms with E-state index in [4.69, 9.17) is 16.3 Å². The Bertz CT molecular complexity index is 996. The quantitative estimate of drug-likeness (QED) is 0.509. The summed E-state index contributed by atoms with van der Waals surface area (Å²) in [6.45, 7) is 3.16. The Balaban J connectivity index is 1.83. The molecule has 27 heavy (non-hydrogen) atoms. The lowest BCUT2D eigenvalue weighted by Crippen LogP contribution is -2.19. The van der Waals surface area contributed by atoms with E-state index in [9.17, 15) is 4.79 Å². The van der Waals surface area contributed by atoms with Gasteiger partial charge in [-0.25, -0.2) is 0 Å². The minimum atomic E-state index is -0.111. The Kier molecular flexibility index (Phi) is 7.13. The molecule has 0 N–H and O–H groups in total. The maximum Gasteiger partial charge on any atom is 0.249 e. The van der Waals surface area contributed by atoms with Gasteiger partial charge in [0.2, 0.25) is 5.91 Å². The number of ether oxygens (including phenoxy) is 1. The van der Waals surface area contributed by atoms with Crippen molar-refractivity contribution in [1.29, 1.82) is 0 Å². The third-order valence-corrected chi connectivity index (χ3v) is 6.56. The molecule has 0 fully saturated rings. The number of hydrogen-bond acceptors (Lipinski definition) is 4. The van der Waals surface area contributed by atoms with Crippen molar-refractivity contribution in [3.8, 4) is 0 Å². The molecule has 3 rings (SSSR count). The smallest absolute Gasteiger partial charge is 0.249 e. The van der Waals surface area contributed by atoms with Crippen molar-refractivity contribution in [1.82, 2.24) is 4.57 Å². The first-order valence-corrected chi connectivity index (χ1v) is 10.8. The Hall–Kier alpha value is -1.60. The highest BCUT2D eigenvalue weighted by Crippen LogP contribution is 2.27. The molecule has 0 saturated carbocycles. The van der Waals surface area contributed by atoms with Gasteiger partial charge in [-0.2, -0.15) is 4.99 Å². The number of thiazole rings is 1. The highest BCUT2D eigenvalue weighted by Gasteiger charge is 2.12. The molecule has 0 atom stereocenters. The van der Waals surface area contributed by atoms with Crippen LogP contribution in [0.1, 0.15) is 12.0 Å². The molecule has 0 spiro atoms. The number of aromatic nitrogens is 1. The van der Waals surface area contributed by atoms with E-state index in [0.29, 0.717) is 35.1 Å². The first-order valence-electron chi connectivity index (χ1n) is 8.63. The van der Waals surface area contributed by atoms with E-state index in [0.717, 1.165) is 20.7 Å². The maximum atomic E-state index is 12.4. The number of nitrogens with zero attached hydrogens (tertiary/aromatic N) is 2. The molecule has 0 bridgehead atoms. The molecular weight excluding hydrogens is 400 g/mol. The number of halogens is 1. The summed E-state index contributed by atoms with van der Waals surface area (Å²) in [6, 6.07) is 13.9. The summed E-state index contributed by atoms with van der Waals surface area (Å²) in [7, 11) is 1.66. The van der Waals surface area contributed by atoms with Gasteiger partial charge in [-0.15, -0.1) is 11.8 Å². The second-order valence-electron chi connectivity index (χ2n) is 5.97. The molecule has 0 aliphatic carbocycles. The van der Waals surface area contributed by atoms with Gasteiger partial charge in [0.05, 0.1) is 16.8 Å². The van der Waals surface area contributed by atoms with Crippen LogP contribution in [0.5, 0.6) is 0 Å². The molecule has 0 radical (unpaired) electrons. The van der Waals surface area contributed by atoms with Crippen molar-refractivity contribution in [3.63, 3.8) is 0 Å². The van der Waals surface area contributed by atoms with Crippen molar-refractivity contribution in [2.45, 2.75) is 24.8 Å². The Labute approximate surface area is 171 Å². The van der Waals surface area contributed by atoms with Crippen LogP contribution in [0.25, 0.3) is 10.2 Å². The highest BCUT2D eigenvalue weighted by molar-refractivity contribution is 7.99. The number of rotatable bonds is 7. The summed E-state index contributed by atoms with van der Waals surface area (Å²) >= 11 is 9.47. The molecule has 1 amide bonds. The van der Waals surface area contributed by atoms with Crippen molar-refractivity contribution in [2.24, 2.45) is 4.99 Å². The fourth-order valence-electron chi connectivity index (χ4n) is 2.73. The van der Waals surface area contributed by atoms with E-state index in [2.05, 4.69) is 4.99 Å². The normalized spacial score (nSPS) is 12.0. The van der Waals surface area contributed by atoms with Gasteiger partial charge >= 0.3 is 0 Å². The van der Waals surface area contributed by atoms with Crippen molar-refractivity contribution in [2.75, 3.05) is 19.5 Å². The lowest BCUT2D eigenvalue weighted by molar-refractivity contribution is -0.117. The summed E-state index contributed by atoms with van der Waals surface area (Å²) in [5.74, 6) is 0.597. The lowest BCUT2D eigenvalue weighted by Gasteiger charge is -2.07. The number of aryl methyl sites for hydroxylation is 1. The maximum absolute atomic E-state index is 12.4. The van der Waals surface area contributed by atoms with E-state index in [-0.39, 0.29) is 5.91 Å². The fourth-order valence-corrected chi connectivity index (χ4v) is 4.87. The number of hydrogen-bond donors (Lipinski definition) is 0. The first-order chi connectivity index (χ1) is 13.1. The SMILES string of the molecule is COCCn1c(=NC(=O)CCSc2ccccc2)sc2ccc(Cl)c(C)c21. The predicted octanol–water partition coefficient (Wildman–Crippen LogP) is 4.92. The monoisotopic (exact) mass is 420 g/mol. The molecule has 0 aliphatic heterocycles. The van der Waals surface area contributed by atoms with E-state index in [1.165, 1.54) is 11.3 Å². The topological polar surface area (TPSA) is 43.6 Å². The van der Waals surface area contributed by atoms with Crippen LogP contribution in [0.2, 0.25) is 5.02 Å². The minimum absolute atomic E-state index is 0.111. The molecule has 7 heteroatoms. The number of methoxy groups -OCH3 is 1. The molecule has 142 valence electrons. The Morgan fingerprint density at radius 2 is 2.04 bits per heavy atom. The van der Waals surface area contributed by atoms with Gasteiger partial charge in [-0.1, -0.05) is 41.1 Å². The van der Waals surface area contributed by atoms with E-state index >= 15 is 0 Å². The number of fused-ring (bicyclic) bond motifs is 1. The van der Waals surface area contributed by atoms with Crippen LogP contribution in [0.15, 0.2) is 52.4 Å². The zero-order valence-corrected chi connectivity index (χ0v) is 17.7. The molecule has 3 aromatic rings. The van der Waals surface area contributed by atoms with Crippen LogP contribution in [0.4, 0.5) is 0 Å². The van der Waals surface area contributed by atoms with Gasteiger partial charge < -0.3 is 9.30 Å². The Morgan fingerprint density at radius 3 is 2.78 bits per heavy atom. The number of amides is 1. The number of carbonyl (C=O) groups is 1. The second-order valence-corrected chi connectivity index (χ2v) is 8.55. The molecule has 2 aromatic carbocycles. The molecule has 0 saturated heterocycles. The summed E-state index contributed by atoms with van der Waals surface area (Å²) in [4.78, 5) is 18.7. The second kappa shape index (κ2) is 9.55. The number of benzene rings is 2. The minimum Gasteiger partial charge on any atom is -0.383 e. The number of carbonyl (C=O) groups excluding carboxylic acids is 1. The molecule has 0 unspecified atom stereocenters. The van der Waals surface area contributed by atoms with Gasteiger partial charge in [-0.3, -0.25) is 4.79 Å². The molecule has 0 aliphatic rings. The zero-order chi connectivity index (χ0) is 19.2. The highest BCUT2D eigenvalue weighted by atomic mass is 35.5. The zero-order valence-electron chi connectivity index (χ0n) is 15.3. The summed E-state index contributed by atoms with van der Waals surface area (Å²) < 4.78 is 8.33. The Morgan fingerprint density at radius 1 is 1.26 bits per heavy atom. The lowest BCUT2D eigenvalue weighted by atomic mass is 10.2. The molecular formula is C20H21ClN2O2S2. The average molecular weight is 421 g/mol. The third-order valence-electron chi connectivity index (χ3n) is 4.10. The van der Waals surface area contributed by atoms with Crippen LogP contribution >= 0.6 is 34.7 Å². The van der Waals surface area contributed by atoms with Crippen LogP contribution in [-0.4, -0.2) is 29.9 Å². The van der Waals surface area contributed by atoms with E-state index in [1.807, 2.05) is 54.0 Å². The standard InChI is InChI=1S/C20H21ClN2O2S2/c1-14-16(21)8-9-17-19(14)23(11-12-25-2)20(27-17)22-18(24)10-13-26-15-6-4-3-5-7-15/h3-9H,10-13H2,1-2H3. The summed E-state index contributed by atoms with van der Waals surface area (Å²) in [6.07, 6.45) is 0.401. The van der Waals surface area contributed by atoms with Crippen molar-refractivity contribution in [3.05, 3.63) is 57.9 Å². The van der Waals surface area contributed by atoms with E-state index < -0.39 is 0 Å². The summed E-state index contributed by atoms with van der Waals surface area (Å²) in [5, 5.41) is 0.712. The number of thioether (sulfide) groups is 1. The largest absolute Gasteiger partial charge is 0.383 e. The predicted molar refractivity (Wildman–Crippen MR) is 114 cm³/mol. The van der Waals surface area contributed by atoms with Crippen LogP contribution in [-0.2, 0) is 16.1 Å². The van der Waals surface area contributed by atoms with E-state index in [1.54, 1.807) is 18.9 Å². The molecule has 1 aromatic heterocycles. The fraction of sp³-hybridized carbons (Fsp3) is 0.300. The van der Waals surface area contributed by atoms with Gasteiger partial charge in [-0.05, 0) is 36.8 Å². The van der Waals surface area contributed by atoms with Crippen LogP contribution < -0.4 is 4.80 Å². The average Bonchev–Trinajstić information content (AvgIpc) is 3.01. The molecule has 1 heterocycles. The van der Waals surface area contributed by atoms with Crippen LogP contribution in [0.3, 0.4) is 0 Å². The van der Waals surface area contributed by atoms with Crippen LogP contribution in [0, 0.1) is 6.92 Å². The summed E-state index contributed by atoms with van der Waals surface area (Å²) in [5.41, 5.74) is 2.02. The third kappa shape index (κ3) is 5.02. The first kappa shape index (κ1) is 20.1.